The van der Waals surface area contributed by atoms with Gasteiger partial charge in [-0.15, -0.1) is 0 Å². The van der Waals surface area contributed by atoms with Gasteiger partial charge in [0.05, 0.1) is 11.7 Å². The Morgan fingerprint density at radius 1 is 1.33 bits per heavy atom. The molecule has 1 aromatic rings. The number of β-amino-alcohol motifs (C(OH)–C–C–N with tert-alkyl or cyclic N) is 1. The van der Waals surface area contributed by atoms with Crippen LogP contribution < -0.4 is 9.47 Å². The molecule has 0 unspecified atom stereocenters. The highest BCUT2D eigenvalue weighted by Crippen LogP contribution is 2.34. The van der Waals surface area contributed by atoms with Gasteiger partial charge >= 0.3 is 0 Å². The maximum absolute atomic E-state index is 12.3. The van der Waals surface area contributed by atoms with Crippen LogP contribution >= 0.6 is 0 Å². The lowest BCUT2D eigenvalue weighted by Crippen LogP contribution is -2.30. The van der Waals surface area contributed by atoms with Gasteiger partial charge in [0.25, 0.3) is 5.91 Å². The van der Waals surface area contributed by atoms with E-state index in [1.807, 2.05) is 0 Å². The molecular formula is C13H15NO4. The molecule has 0 bridgehead atoms. The maximum Gasteiger partial charge on any atom is 0.257 e. The second-order valence-corrected chi connectivity index (χ2v) is 4.52. The fraction of sp³-hybridized carbons (Fsp3) is 0.462. The third-order valence-corrected chi connectivity index (χ3v) is 3.25. The van der Waals surface area contributed by atoms with Gasteiger partial charge in [-0.05, 0) is 18.6 Å². The second kappa shape index (κ2) is 4.49. The largest absolute Gasteiger partial charge is 0.486 e. The first-order valence-corrected chi connectivity index (χ1v) is 6.11. The summed E-state index contributed by atoms with van der Waals surface area (Å²) in [6.07, 6.45) is 0.226. The molecule has 1 saturated heterocycles. The molecule has 5 nitrogen and oxygen atoms in total. The van der Waals surface area contributed by atoms with E-state index in [4.69, 9.17) is 9.47 Å². The molecule has 1 aromatic carbocycles. The molecule has 2 aliphatic rings. The predicted molar refractivity (Wildman–Crippen MR) is 64.0 cm³/mol. The van der Waals surface area contributed by atoms with Crippen LogP contribution in [0.4, 0.5) is 0 Å². The summed E-state index contributed by atoms with van der Waals surface area (Å²) in [5.74, 6) is 1.04. The number of benzene rings is 1. The number of likely N-dealkylation sites (tertiary alicyclic amines) is 1. The number of rotatable bonds is 1. The standard InChI is InChI=1S/C13H15NO4/c15-9-4-5-14(8-9)13(16)10-2-1-3-11-12(10)18-7-6-17-11/h1-3,9,15H,4-8H2/t9-/m1/s1. The first kappa shape index (κ1) is 11.3. The van der Waals surface area contributed by atoms with Gasteiger partial charge in [0.1, 0.15) is 13.2 Å². The van der Waals surface area contributed by atoms with Crippen molar-refractivity contribution < 1.29 is 19.4 Å². The number of aliphatic hydroxyl groups excluding tert-OH is 1. The number of nitrogens with zero attached hydrogens (tertiary/aromatic N) is 1. The Bertz CT molecular complexity index is 474. The van der Waals surface area contributed by atoms with E-state index < -0.39 is 6.10 Å². The minimum Gasteiger partial charge on any atom is -0.486 e. The zero-order chi connectivity index (χ0) is 12.5. The number of carbonyl (C=O) groups excluding carboxylic acids is 1. The Labute approximate surface area is 105 Å². The van der Waals surface area contributed by atoms with Crippen LogP contribution in [-0.4, -0.2) is 48.3 Å². The molecule has 1 N–H and O–H groups in total. The van der Waals surface area contributed by atoms with E-state index in [0.717, 1.165) is 0 Å². The molecule has 0 aliphatic carbocycles. The zero-order valence-corrected chi connectivity index (χ0v) is 9.96. The summed E-state index contributed by atoms with van der Waals surface area (Å²) in [5.41, 5.74) is 0.515. The van der Waals surface area contributed by atoms with Gasteiger partial charge in [-0.1, -0.05) is 6.07 Å². The molecule has 1 amide bonds. The van der Waals surface area contributed by atoms with Gasteiger partial charge in [-0.2, -0.15) is 0 Å². The average molecular weight is 249 g/mol. The van der Waals surface area contributed by atoms with E-state index >= 15 is 0 Å². The van der Waals surface area contributed by atoms with E-state index in [0.29, 0.717) is 49.8 Å². The Morgan fingerprint density at radius 3 is 2.94 bits per heavy atom. The number of ether oxygens (including phenoxy) is 2. The van der Waals surface area contributed by atoms with E-state index in [2.05, 4.69) is 0 Å². The Kier molecular flexibility index (Phi) is 2.83. The van der Waals surface area contributed by atoms with Crippen molar-refractivity contribution in [3.63, 3.8) is 0 Å². The molecule has 1 atom stereocenters. The molecule has 1 fully saturated rings. The smallest absolute Gasteiger partial charge is 0.257 e. The Balaban J connectivity index is 1.90. The fourth-order valence-corrected chi connectivity index (χ4v) is 2.34. The van der Waals surface area contributed by atoms with Gasteiger partial charge in [-0.3, -0.25) is 4.79 Å². The molecule has 2 heterocycles. The monoisotopic (exact) mass is 249 g/mol. The summed E-state index contributed by atoms with van der Waals surface area (Å²) in [5, 5.41) is 9.48. The molecule has 3 rings (SSSR count). The third-order valence-electron chi connectivity index (χ3n) is 3.25. The van der Waals surface area contributed by atoms with Gasteiger partial charge in [0, 0.05) is 13.1 Å². The number of carbonyl (C=O) groups is 1. The van der Waals surface area contributed by atoms with Crippen molar-refractivity contribution in [1.29, 1.82) is 0 Å². The SMILES string of the molecule is O=C(c1cccc2c1OCCO2)N1CC[C@@H](O)C1. The maximum atomic E-state index is 12.3. The lowest BCUT2D eigenvalue weighted by molar-refractivity contribution is 0.0754. The van der Waals surface area contributed by atoms with Gasteiger partial charge < -0.3 is 19.5 Å². The molecule has 0 radical (unpaired) electrons. The average Bonchev–Trinajstić information content (AvgIpc) is 2.84. The van der Waals surface area contributed by atoms with Crippen molar-refractivity contribution in [2.45, 2.75) is 12.5 Å². The summed E-state index contributed by atoms with van der Waals surface area (Å²) in [6.45, 7) is 1.95. The van der Waals surface area contributed by atoms with Crippen molar-refractivity contribution >= 4 is 5.91 Å². The van der Waals surface area contributed by atoms with Gasteiger partial charge in [0.2, 0.25) is 0 Å². The minimum absolute atomic E-state index is 0.103. The van der Waals surface area contributed by atoms with Crippen LogP contribution in [0.3, 0.4) is 0 Å². The quantitative estimate of drug-likeness (QED) is 0.794. The summed E-state index contributed by atoms with van der Waals surface area (Å²) in [4.78, 5) is 14.0. The Hall–Kier alpha value is -1.75. The molecule has 5 heteroatoms. The third kappa shape index (κ3) is 1.90. The van der Waals surface area contributed by atoms with Crippen molar-refractivity contribution in [3.05, 3.63) is 23.8 Å². The normalized spacial score (nSPS) is 22.1. The van der Waals surface area contributed by atoms with Crippen LogP contribution in [0.5, 0.6) is 11.5 Å². The summed E-state index contributed by atoms with van der Waals surface area (Å²) in [7, 11) is 0. The van der Waals surface area contributed by atoms with Crippen LogP contribution in [0.1, 0.15) is 16.8 Å². The molecular weight excluding hydrogens is 234 g/mol. The van der Waals surface area contributed by atoms with Crippen molar-refractivity contribution in [1.82, 2.24) is 4.90 Å². The van der Waals surface area contributed by atoms with Crippen LogP contribution in [0.25, 0.3) is 0 Å². The molecule has 96 valence electrons. The summed E-state index contributed by atoms with van der Waals surface area (Å²) in [6, 6.07) is 5.32. The van der Waals surface area contributed by atoms with Crippen LogP contribution in [0.15, 0.2) is 18.2 Å². The first-order valence-electron chi connectivity index (χ1n) is 6.11. The zero-order valence-electron chi connectivity index (χ0n) is 9.96. The summed E-state index contributed by atoms with van der Waals surface area (Å²) >= 11 is 0. The minimum atomic E-state index is -0.411. The van der Waals surface area contributed by atoms with Crippen LogP contribution in [-0.2, 0) is 0 Å². The Morgan fingerprint density at radius 2 is 2.17 bits per heavy atom. The lowest BCUT2D eigenvalue weighted by atomic mass is 10.1. The van der Waals surface area contributed by atoms with Crippen molar-refractivity contribution in [2.24, 2.45) is 0 Å². The molecule has 0 saturated carbocycles. The number of hydrogen-bond donors (Lipinski definition) is 1. The van der Waals surface area contributed by atoms with E-state index in [1.165, 1.54) is 0 Å². The highest BCUT2D eigenvalue weighted by atomic mass is 16.6. The van der Waals surface area contributed by atoms with E-state index in [1.54, 1.807) is 23.1 Å². The van der Waals surface area contributed by atoms with Crippen molar-refractivity contribution in [2.75, 3.05) is 26.3 Å². The van der Waals surface area contributed by atoms with Gasteiger partial charge in [-0.25, -0.2) is 0 Å². The highest BCUT2D eigenvalue weighted by molar-refractivity contribution is 5.98. The van der Waals surface area contributed by atoms with Crippen molar-refractivity contribution in [3.8, 4) is 11.5 Å². The first-order chi connectivity index (χ1) is 8.75. The number of hydrogen-bond acceptors (Lipinski definition) is 4. The molecule has 0 spiro atoms. The van der Waals surface area contributed by atoms with Gasteiger partial charge in [0.15, 0.2) is 11.5 Å². The number of aliphatic hydroxyl groups is 1. The lowest BCUT2D eigenvalue weighted by Gasteiger charge is -2.23. The number of amides is 1. The van der Waals surface area contributed by atoms with E-state index in [-0.39, 0.29) is 5.91 Å². The number of para-hydroxylation sites is 1. The van der Waals surface area contributed by atoms with Crippen LogP contribution in [0, 0.1) is 0 Å². The van der Waals surface area contributed by atoms with E-state index in [9.17, 15) is 9.90 Å². The predicted octanol–water partition coefficient (Wildman–Crippen LogP) is 0.665. The number of fused-ring (bicyclic) bond motifs is 1. The second-order valence-electron chi connectivity index (χ2n) is 4.52. The molecule has 18 heavy (non-hydrogen) atoms. The molecule has 0 aromatic heterocycles. The van der Waals surface area contributed by atoms with Crippen LogP contribution in [0.2, 0.25) is 0 Å². The fourth-order valence-electron chi connectivity index (χ4n) is 2.34. The topological polar surface area (TPSA) is 59.0 Å². The summed E-state index contributed by atoms with van der Waals surface area (Å²) < 4.78 is 11.0. The highest BCUT2D eigenvalue weighted by Gasteiger charge is 2.29. The molecule has 2 aliphatic heterocycles.